The van der Waals surface area contributed by atoms with Crippen LogP contribution in [-0.4, -0.2) is 21.1 Å². The van der Waals surface area contributed by atoms with Crippen molar-refractivity contribution in [3.05, 3.63) is 44.9 Å². The molecule has 0 atom stereocenters. The quantitative estimate of drug-likeness (QED) is 0.919. The minimum atomic E-state index is -0.529. The van der Waals surface area contributed by atoms with E-state index < -0.39 is 11.8 Å². The van der Waals surface area contributed by atoms with Crippen molar-refractivity contribution in [3.63, 3.8) is 0 Å². The van der Waals surface area contributed by atoms with Crippen LogP contribution in [-0.2, 0) is 6.54 Å². The molecule has 0 spiro atoms. The maximum absolute atomic E-state index is 13.8. The Morgan fingerprint density at radius 1 is 1.38 bits per heavy atom. The number of nitrogens with zero attached hydrogens (tertiary/aromatic N) is 3. The molecule has 1 heterocycles. The third kappa shape index (κ3) is 3.64. The van der Waals surface area contributed by atoms with Gasteiger partial charge in [0.05, 0.1) is 5.69 Å². The highest BCUT2D eigenvalue weighted by atomic mass is 32.1. The number of carbonyl (C=O) groups is 1. The van der Waals surface area contributed by atoms with Gasteiger partial charge in [-0.05, 0) is 49.0 Å². The minimum absolute atomic E-state index is 0.0831. The number of hydrogen-bond acceptors (Lipinski definition) is 3. The van der Waals surface area contributed by atoms with E-state index in [0.29, 0.717) is 18.8 Å². The molecule has 24 heavy (non-hydrogen) atoms. The Bertz CT molecular complexity index is 864. The van der Waals surface area contributed by atoms with Gasteiger partial charge in [-0.15, -0.1) is 0 Å². The van der Waals surface area contributed by atoms with Crippen LogP contribution < -0.4 is 15.8 Å². The Morgan fingerprint density at radius 3 is 2.67 bits per heavy atom. The highest BCUT2D eigenvalue weighted by molar-refractivity contribution is 7.03. The van der Waals surface area contributed by atoms with Gasteiger partial charge >= 0.3 is 11.7 Å². The van der Waals surface area contributed by atoms with Crippen LogP contribution in [0.4, 0.5) is 9.18 Å². The maximum Gasteiger partial charge on any atom is 0.344 e. The highest BCUT2D eigenvalue weighted by Gasteiger charge is 2.16. The van der Waals surface area contributed by atoms with Crippen molar-refractivity contribution < 1.29 is 9.18 Å². The molecule has 6 nitrogen and oxygen atoms in total. The Morgan fingerprint density at radius 2 is 2.08 bits per heavy atom. The van der Waals surface area contributed by atoms with E-state index in [-0.39, 0.29) is 16.4 Å². The van der Waals surface area contributed by atoms with Crippen LogP contribution >= 0.6 is 11.5 Å². The van der Waals surface area contributed by atoms with Crippen LogP contribution in [0.1, 0.15) is 39.2 Å². The van der Waals surface area contributed by atoms with Crippen LogP contribution in [0.15, 0.2) is 28.0 Å². The van der Waals surface area contributed by atoms with Crippen LogP contribution in [0.2, 0.25) is 0 Å². The van der Waals surface area contributed by atoms with Crippen LogP contribution in [0.3, 0.4) is 0 Å². The number of benzene rings is 1. The summed E-state index contributed by atoms with van der Waals surface area (Å²) < 4.78 is 16.6. The Balaban J connectivity index is 2.80. The minimum Gasteiger partial charge on any atom is -0.336 e. The monoisotopic (exact) mass is 352 g/mol. The number of halogens is 1. The summed E-state index contributed by atoms with van der Waals surface area (Å²) in [4.78, 5) is 28.7. The van der Waals surface area contributed by atoms with E-state index >= 15 is 0 Å². The average molecular weight is 352 g/mol. The first-order valence-corrected chi connectivity index (χ1v) is 8.61. The fraction of sp³-hybridized carbons (Fsp3) is 0.438. The van der Waals surface area contributed by atoms with Crippen molar-refractivity contribution >= 4 is 17.6 Å². The molecule has 0 aliphatic carbocycles. The third-order valence-electron chi connectivity index (χ3n) is 3.46. The zero-order valence-corrected chi connectivity index (χ0v) is 15.0. The first-order chi connectivity index (χ1) is 11.4. The predicted octanol–water partition coefficient (Wildman–Crippen LogP) is 2.61. The molecule has 2 amide bonds. The molecule has 0 bridgehead atoms. The van der Waals surface area contributed by atoms with E-state index in [1.807, 2.05) is 20.8 Å². The van der Waals surface area contributed by atoms with E-state index in [1.165, 1.54) is 20.7 Å². The van der Waals surface area contributed by atoms with E-state index in [0.717, 1.165) is 17.1 Å². The summed E-state index contributed by atoms with van der Waals surface area (Å²) in [5, 5.41) is 2.57. The second kappa shape index (κ2) is 7.57. The summed E-state index contributed by atoms with van der Waals surface area (Å²) in [5.41, 5.74) is 0.895. The van der Waals surface area contributed by atoms with E-state index in [2.05, 4.69) is 10.3 Å². The predicted molar refractivity (Wildman–Crippen MR) is 92.3 cm³/mol. The molecule has 8 heteroatoms. The molecular formula is C16H21FN4O2S. The van der Waals surface area contributed by atoms with Gasteiger partial charge in [0.2, 0.25) is 4.80 Å². The summed E-state index contributed by atoms with van der Waals surface area (Å²) in [6.07, 6.45) is 0. The summed E-state index contributed by atoms with van der Waals surface area (Å²) in [6, 6.07) is 3.80. The number of amides is 2. The normalized spacial score (nSPS) is 12.0. The Hall–Kier alpha value is -2.22. The largest absolute Gasteiger partial charge is 0.344 e. The fourth-order valence-corrected chi connectivity index (χ4v) is 3.19. The fourth-order valence-electron chi connectivity index (χ4n) is 2.32. The molecule has 130 valence electrons. The zero-order chi connectivity index (χ0) is 17.9. The molecule has 0 radical (unpaired) electrons. The lowest BCUT2D eigenvalue weighted by molar-refractivity contribution is 0.249. The summed E-state index contributed by atoms with van der Waals surface area (Å²) in [7, 11) is 0. The summed E-state index contributed by atoms with van der Waals surface area (Å²) >= 11 is 1.08. The van der Waals surface area contributed by atoms with Crippen LogP contribution in [0.5, 0.6) is 0 Å². The molecule has 2 rings (SSSR count). The molecule has 0 saturated carbocycles. The molecule has 1 N–H and O–H groups in total. The number of aromatic nitrogens is 2. The van der Waals surface area contributed by atoms with Gasteiger partial charge in [0, 0.05) is 13.1 Å². The lowest BCUT2D eigenvalue weighted by atomic mass is 10.0. The van der Waals surface area contributed by atoms with E-state index in [4.69, 9.17) is 0 Å². The smallest absolute Gasteiger partial charge is 0.336 e. The van der Waals surface area contributed by atoms with Crippen LogP contribution in [0.25, 0.3) is 5.69 Å². The molecule has 2 aromatic rings. The maximum atomic E-state index is 13.8. The number of carbonyl (C=O) groups excluding carboxylic acids is 1. The molecule has 0 aliphatic heterocycles. The van der Waals surface area contributed by atoms with Crippen molar-refractivity contribution in [3.8, 4) is 5.69 Å². The van der Waals surface area contributed by atoms with Gasteiger partial charge in [0.1, 0.15) is 5.82 Å². The number of aryl methyl sites for hydroxylation is 1. The van der Waals surface area contributed by atoms with Gasteiger partial charge in [-0.2, -0.15) is 4.99 Å². The highest BCUT2D eigenvalue weighted by Crippen LogP contribution is 2.22. The molecule has 0 fully saturated rings. The van der Waals surface area contributed by atoms with Gasteiger partial charge in [0.15, 0.2) is 0 Å². The molecule has 1 aromatic carbocycles. The first kappa shape index (κ1) is 18.1. The van der Waals surface area contributed by atoms with Crippen LogP contribution in [0, 0.1) is 5.82 Å². The third-order valence-corrected chi connectivity index (χ3v) is 4.53. The van der Waals surface area contributed by atoms with Gasteiger partial charge in [-0.1, -0.05) is 19.9 Å². The van der Waals surface area contributed by atoms with Gasteiger partial charge in [-0.25, -0.2) is 22.5 Å². The summed E-state index contributed by atoms with van der Waals surface area (Å²) in [6.45, 7) is 8.41. The molecule has 0 unspecified atom stereocenters. The summed E-state index contributed by atoms with van der Waals surface area (Å²) in [5.74, 6) is -0.362. The SMILES string of the molecule is CCNC(=O)/N=c1\sn(CC)c(=O)n1-c1cc(F)ccc1C(C)C. The second-order valence-corrected chi connectivity index (χ2v) is 6.48. The number of urea groups is 1. The van der Waals surface area contributed by atoms with Crippen molar-refractivity contribution in [1.82, 2.24) is 13.8 Å². The first-order valence-electron chi connectivity index (χ1n) is 7.84. The molecular weight excluding hydrogens is 331 g/mol. The molecule has 0 aliphatic rings. The Labute approximate surface area is 143 Å². The van der Waals surface area contributed by atoms with Gasteiger partial charge in [-0.3, -0.25) is 0 Å². The molecule has 1 aromatic heterocycles. The van der Waals surface area contributed by atoms with Gasteiger partial charge < -0.3 is 5.32 Å². The van der Waals surface area contributed by atoms with Crippen molar-refractivity contribution in [1.29, 1.82) is 0 Å². The van der Waals surface area contributed by atoms with Crippen molar-refractivity contribution in [2.24, 2.45) is 4.99 Å². The average Bonchev–Trinajstić information content (AvgIpc) is 2.82. The van der Waals surface area contributed by atoms with Gasteiger partial charge in [0.25, 0.3) is 0 Å². The standard InChI is InChI=1S/C16H21FN4O2S/c1-5-18-14(22)19-15-21(16(23)20(6-2)24-15)13-9-11(17)7-8-12(13)10(3)4/h7-10H,5-6H2,1-4H3,(H,18,22)/b19-15-. The van der Waals surface area contributed by atoms with E-state index in [1.54, 1.807) is 13.0 Å². The van der Waals surface area contributed by atoms with Crippen molar-refractivity contribution in [2.45, 2.75) is 40.2 Å². The number of hydrogen-bond donors (Lipinski definition) is 1. The van der Waals surface area contributed by atoms with E-state index in [9.17, 15) is 14.0 Å². The lowest BCUT2D eigenvalue weighted by Gasteiger charge is -2.12. The topological polar surface area (TPSA) is 68.4 Å². The van der Waals surface area contributed by atoms with Crippen molar-refractivity contribution in [2.75, 3.05) is 6.54 Å². The zero-order valence-electron chi connectivity index (χ0n) is 14.2. The number of nitrogens with one attached hydrogen (secondary N) is 1. The Kier molecular flexibility index (Phi) is 5.71. The lowest BCUT2D eigenvalue weighted by Crippen LogP contribution is -2.30. The molecule has 0 saturated heterocycles. The second-order valence-electron chi connectivity index (χ2n) is 5.49. The number of rotatable bonds is 4.